The van der Waals surface area contributed by atoms with Gasteiger partial charge in [0.2, 0.25) is 0 Å². The van der Waals surface area contributed by atoms with Gasteiger partial charge in [-0.15, -0.1) is 0 Å². The van der Waals surface area contributed by atoms with Crippen molar-refractivity contribution in [2.75, 3.05) is 0 Å². The van der Waals surface area contributed by atoms with Crippen LogP contribution in [0.25, 0.3) is 0 Å². The molecule has 0 bridgehead atoms. The van der Waals surface area contributed by atoms with E-state index in [1.54, 1.807) is 0 Å². The first-order valence-electron chi connectivity index (χ1n) is 15.4. The van der Waals surface area contributed by atoms with Crippen molar-refractivity contribution in [2.24, 2.45) is 10.8 Å². The van der Waals surface area contributed by atoms with Gasteiger partial charge in [0.05, 0.1) is 6.10 Å². The summed E-state index contributed by atoms with van der Waals surface area (Å²) in [6, 6.07) is 0. The lowest BCUT2D eigenvalue weighted by Gasteiger charge is -2.35. The first kappa shape index (κ1) is 35.0. The summed E-state index contributed by atoms with van der Waals surface area (Å²) < 4.78 is 0. The third kappa shape index (κ3) is 11.6. The Hall–Kier alpha value is -3.23. The molecule has 226 valence electrons. The molecular weight excluding hydrogens is 512 g/mol. The average Bonchev–Trinajstić information content (AvgIpc) is 2.88. The van der Waals surface area contributed by atoms with Gasteiger partial charge in [-0.3, -0.25) is 4.79 Å². The minimum atomic E-state index is -0.229. The third-order valence-corrected chi connectivity index (χ3v) is 8.23. The Morgan fingerprint density at radius 3 is 1.69 bits per heavy atom. The van der Waals surface area contributed by atoms with Gasteiger partial charge < -0.3 is 5.11 Å². The predicted octanol–water partition coefficient (Wildman–Crippen LogP) is 10.8. The molecule has 2 nitrogen and oxygen atoms in total. The highest BCUT2D eigenvalue weighted by atomic mass is 16.3. The number of aldehydes is 1. The van der Waals surface area contributed by atoms with Crippen LogP contribution in [0, 0.1) is 10.8 Å². The fourth-order valence-electron chi connectivity index (χ4n) is 5.83. The van der Waals surface area contributed by atoms with Crippen molar-refractivity contribution in [1.82, 2.24) is 0 Å². The molecule has 2 heteroatoms. The van der Waals surface area contributed by atoms with Crippen LogP contribution in [0.2, 0.25) is 0 Å². The van der Waals surface area contributed by atoms with Gasteiger partial charge >= 0.3 is 0 Å². The summed E-state index contributed by atoms with van der Waals surface area (Å²) in [7, 11) is 0. The Bertz CT molecular complexity index is 1300. The molecule has 1 N–H and O–H groups in total. The molecule has 0 aromatic rings. The second kappa shape index (κ2) is 16.4. The van der Waals surface area contributed by atoms with E-state index in [9.17, 15) is 9.90 Å². The SMILES string of the molecule is CC1=C(/C=C/C(C)=C/C=C/C(C)=C/C=C/C=C(C)/C=C/C=C(C)/C=C/C2=C(C=O)CCCC2(C)C)C(C)(C)CC(O)C1. The van der Waals surface area contributed by atoms with Gasteiger partial charge in [0.15, 0.2) is 0 Å². The maximum atomic E-state index is 11.5. The van der Waals surface area contributed by atoms with E-state index in [4.69, 9.17) is 0 Å². The zero-order valence-electron chi connectivity index (χ0n) is 27.6. The first-order chi connectivity index (χ1) is 19.7. The molecule has 0 aromatic heterocycles. The second-order valence-corrected chi connectivity index (χ2v) is 13.3. The quantitative estimate of drug-likeness (QED) is 0.199. The lowest BCUT2D eigenvalue weighted by atomic mass is 9.71. The molecule has 0 aliphatic heterocycles. The molecule has 2 aliphatic rings. The summed E-state index contributed by atoms with van der Waals surface area (Å²) in [5.74, 6) is 0. The van der Waals surface area contributed by atoms with Crippen molar-refractivity contribution in [1.29, 1.82) is 0 Å². The number of hydrogen-bond donors (Lipinski definition) is 1. The van der Waals surface area contributed by atoms with Gasteiger partial charge in [-0.1, -0.05) is 141 Å². The van der Waals surface area contributed by atoms with Crippen LogP contribution in [0.5, 0.6) is 0 Å². The van der Waals surface area contributed by atoms with E-state index in [0.717, 1.165) is 49.5 Å². The minimum absolute atomic E-state index is 0.00279. The first-order valence-corrected chi connectivity index (χ1v) is 15.4. The Morgan fingerprint density at radius 2 is 1.19 bits per heavy atom. The van der Waals surface area contributed by atoms with Gasteiger partial charge in [-0.2, -0.15) is 0 Å². The van der Waals surface area contributed by atoms with Gasteiger partial charge in [-0.05, 0) is 94.3 Å². The van der Waals surface area contributed by atoms with Crippen molar-refractivity contribution in [3.05, 3.63) is 130 Å². The molecular formula is C40H54O2. The molecule has 0 radical (unpaired) electrons. The van der Waals surface area contributed by atoms with Crippen LogP contribution >= 0.6 is 0 Å². The summed E-state index contributed by atoms with van der Waals surface area (Å²) in [6.45, 7) is 19.4. The Morgan fingerprint density at radius 1 is 0.714 bits per heavy atom. The van der Waals surface area contributed by atoms with E-state index in [-0.39, 0.29) is 16.9 Å². The zero-order valence-corrected chi connectivity index (χ0v) is 27.6. The monoisotopic (exact) mass is 566 g/mol. The molecule has 0 heterocycles. The van der Waals surface area contributed by atoms with E-state index in [2.05, 4.69) is 147 Å². The van der Waals surface area contributed by atoms with Crippen LogP contribution in [0.15, 0.2) is 130 Å². The summed E-state index contributed by atoms with van der Waals surface area (Å²) >= 11 is 0. The molecule has 2 rings (SSSR count). The number of carbonyl (C=O) groups excluding carboxylic acids is 1. The van der Waals surface area contributed by atoms with Crippen molar-refractivity contribution in [3.63, 3.8) is 0 Å². The van der Waals surface area contributed by atoms with E-state index in [1.807, 2.05) is 0 Å². The molecule has 0 saturated carbocycles. The number of aliphatic hydroxyl groups is 1. The molecule has 2 aliphatic carbocycles. The van der Waals surface area contributed by atoms with Crippen LogP contribution in [-0.4, -0.2) is 17.5 Å². The van der Waals surface area contributed by atoms with Crippen LogP contribution < -0.4 is 0 Å². The van der Waals surface area contributed by atoms with Gasteiger partial charge in [0.1, 0.15) is 6.29 Å². The summed E-state index contributed by atoms with van der Waals surface area (Å²) in [6.07, 6.45) is 35.1. The second-order valence-electron chi connectivity index (χ2n) is 13.3. The molecule has 0 amide bonds. The third-order valence-electron chi connectivity index (χ3n) is 8.23. The molecule has 1 unspecified atom stereocenters. The fraction of sp³-hybridized carbons (Fsp3) is 0.425. The van der Waals surface area contributed by atoms with Crippen LogP contribution in [0.3, 0.4) is 0 Å². The Balaban J connectivity index is 1.91. The van der Waals surface area contributed by atoms with Crippen molar-refractivity contribution < 1.29 is 9.90 Å². The molecule has 0 saturated heterocycles. The fourth-order valence-corrected chi connectivity index (χ4v) is 5.83. The van der Waals surface area contributed by atoms with E-state index < -0.39 is 0 Å². The highest BCUT2D eigenvalue weighted by Crippen LogP contribution is 2.41. The van der Waals surface area contributed by atoms with E-state index >= 15 is 0 Å². The van der Waals surface area contributed by atoms with Crippen molar-refractivity contribution in [3.8, 4) is 0 Å². The molecule has 1 atom stereocenters. The van der Waals surface area contributed by atoms with E-state index in [1.165, 1.54) is 33.4 Å². The molecule has 42 heavy (non-hydrogen) atoms. The highest BCUT2D eigenvalue weighted by Gasteiger charge is 2.31. The number of aliphatic hydroxyl groups excluding tert-OH is 1. The topological polar surface area (TPSA) is 37.3 Å². The Labute approximate surface area is 256 Å². The van der Waals surface area contributed by atoms with Crippen LogP contribution in [0.1, 0.15) is 94.4 Å². The number of allylic oxidation sites excluding steroid dienone is 21. The van der Waals surface area contributed by atoms with E-state index in [0.29, 0.717) is 0 Å². The predicted molar refractivity (Wildman–Crippen MR) is 183 cm³/mol. The number of hydrogen-bond acceptors (Lipinski definition) is 2. The van der Waals surface area contributed by atoms with Gasteiger partial charge in [0.25, 0.3) is 0 Å². The normalized spacial score (nSPS) is 23.1. The van der Waals surface area contributed by atoms with Gasteiger partial charge in [-0.25, -0.2) is 0 Å². The highest BCUT2D eigenvalue weighted by molar-refractivity contribution is 5.76. The number of carbonyl (C=O) groups is 1. The molecule has 0 aromatic carbocycles. The van der Waals surface area contributed by atoms with Crippen LogP contribution in [0.4, 0.5) is 0 Å². The largest absolute Gasteiger partial charge is 0.393 e. The molecule has 0 spiro atoms. The lowest BCUT2D eigenvalue weighted by molar-refractivity contribution is -0.105. The standard InChI is InChI=1S/C40H54O2/c1-30(17-12-19-32(3)22-24-37-34(5)27-36(42)28-40(37,8)9)15-10-11-16-31(2)18-13-20-33(4)23-25-38-35(29-41)21-14-26-39(38,6)7/h10-13,15-20,22-25,29,36,42H,14,21,26-28H2,1-9H3/b11-10+,17-12+,18-13+,24-22+,25-23+,30-15+,31-16+,32-19+,33-20+. The Kier molecular flexibility index (Phi) is 13.7. The van der Waals surface area contributed by atoms with Crippen LogP contribution in [-0.2, 0) is 4.79 Å². The zero-order chi connectivity index (χ0) is 31.3. The smallest absolute Gasteiger partial charge is 0.146 e. The van der Waals surface area contributed by atoms with Gasteiger partial charge in [0, 0.05) is 0 Å². The van der Waals surface area contributed by atoms with Crippen molar-refractivity contribution >= 4 is 6.29 Å². The average molecular weight is 567 g/mol. The maximum absolute atomic E-state index is 11.5. The maximum Gasteiger partial charge on any atom is 0.146 e. The summed E-state index contributed by atoms with van der Waals surface area (Å²) in [5.41, 5.74) is 9.52. The van der Waals surface area contributed by atoms with Crippen molar-refractivity contribution in [2.45, 2.75) is 101 Å². The minimum Gasteiger partial charge on any atom is -0.393 e. The number of rotatable bonds is 11. The summed E-state index contributed by atoms with van der Waals surface area (Å²) in [4.78, 5) is 11.5. The lowest BCUT2D eigenvalue weighted by Crippen LogP contribution is -2.28. The molecule has 0 fully saturated rings. The summed E-state index contributed by atoms with van der Waals surface area (Å²) in [5, 5.41) is 10.1.